The fourth-order valence-corrected chi connectivity index (χ4v) is 3.79. The Balaban J connectivity index is 1.56. The molecule has 9 nitrogen and oxygen atoms in total. The topological polar surface area (TPSA) is 84.9 Å². The number of rotatable bonds is 6. The maximum absolute atomic E-state index is 13.0. The second-order valence-electron chi connectivity index (χ2n) is 8.58. The molecule has 0 fully saturated rings. The van der Waals surface area contributed by atoms with Crippen molar-refractivity contribution in [3.63, 3.8) is 0 Å². The number of aromatic nitrogens is 2. The van der Waals surface area contributed by atoms with Crippen molar-refractivity contribution in [2.45, 2.75) is 0 Å². The van der Waals surface area contributed by atoms with E-state index < -0.39 is 0 Å². The highest BCUT2D eigenvalue weighted by atomic mass is 16.2. The van der Waals surface area contributed by atoms with Crippen LogP contribution in [0.2, 0.25) is 0 Å². The van der Waals surface area contributed by atoms with Crippen molar-refractivity contribution in [2.24, 2.45) is 0 Å². The zero-order valence-corrected chi connectivity index (χ0v) is 20.6. The Kier molecular flexibility index (Phi) is 6.79. The molecule has 0 unspecified atom stereocenters. The van der Waals surface area contributed by atoms with Crippen molar-refractivity contribution < 1.29 is 9.59 Å². The molecule has 0 radical (unpaired) electrons. The number of hydrogen-bond donors (Lipinski definition) is 1. The average molecular weight is 472 g/mol. The fourth-order valence-electron chi connectivity index (χ4n) is 3.79. The van der Waals surface area contributed by atoms with Crippen LogP contribution in [0.3, 0.4) is 0 Å². The van der Waals surface area contributed by atoms with Gasteiger partial charge in [0.2, 0.25) is 11.9 Å². The van der Waals surface area contributed by atoms with Crippen LogP contribution in [0, 0.1) is 0 Å². The average Bonchev–Trinajstić information content (AvgIpc) is 2.93. The SMILES string of the molecule is CN(C)C/C=C/C(=O)Nc1ccc(N(C)c2ncc3c(n2)N(C)c2ccccc2C(=O)N3C)cc1. The second-order valence-corrected chi connectivity index (χ2v) is 8.58. The number of carbonyl (C=O) groups excluding carboxylic acids is 2. The molecule has 9 heteroatoms. The van der Waals surface area contributed by atoms with E-state index in [4.69, 9.17) is 4.98 Å². The number of benzene rings is 2. The van der Waals surface area contributed by atoms with Gasteiger partial charge in [0.15, 0.2) is 5.82 Å². The molecule has 1 aliphatic heterocycles. The Bertz CT molecular complexity index is 1270. The van der Waals surface area contributed by atoms with Crippen LogP contribution in [0.25, 0.3) is 0 Å². The first-order valence-electron chi connectivity index (χ1n) is 11.2. The third kappa shape index (κ3) is 4.99. The molecule has 2 heterocycles. The fraction of sp³-hybridized carbons (Fsp3) is 0.231. The lowest BCUT2D eigenvalue weighted by molar-refractivity contribution is -0.111. The first-order valence-corrected chi connectivity index (χ1v) is 11.2. The van der Waals surface area contributed by atoms with Gasteiger partial charge < -0.3 is 24.9 Å². The van der Waals surface area contributed by atoms with Crippen molar-refractivity contribution >= 4 is 46.3 Å². The molecule has 180 valence electrons. The zero-order chi connectivity index (χ0) is 25.1. The number of hydrogen-bond acceptors (Lipinski definition) is 7. The molecule has 4 rings (SSSR count). The van der Waals surface area contributed by atoms with Crippen molar-refractivity contribution in [2.75, 3.05) is 61.8 Å². The number of para-hydroxylation sites is 1. The van der Waals surface area contributed by atoms with Crippen LogP contribution >= 0.6 is 0 Å². The van der Waals surface area contributed by atoms with Gasteiger partial charge in [-0.2, -0.15) is 4.98 Å². The first kappa shape index (κ1) is 23.9. The second kappa shape index (κ2) is 9.94. The maximum Gasteiger partial charge on any atom is 0.260 e. The number of fused-ring (bicyclic) bond motifs is 2. The van der Waals surface area contributed by atoms with E-state index in [-0.39, 0.29) is 11.8 Å². The molecule has 1 aromatic heterocycles. The summed E-state index contributed by atoms with van der Waals surface area (Å²) in [4.78, 5) is 41.7. The lowest BCUT2D eigenvalue weighted by atomic mass is 10.1. The quantitative estimate of drug-likeness (QED) is 0.549. The van der Waals surface area contributed by atoms with Gasteiger partial charge in [-0.25, -0.2) is 4.98 Å². The minimum absolute atomic E-state index is 0.106. The predicted octanol–water partition coefficient (Wildman–Crippen LogP) is 3.66. The van der Waals surface area contributed by atoms with E-state index in [0.29, 0.717) is 35.2 Å². The summed E-state index contributed by atoms with van der Waals surface area (Å²) in [5, 5.41) is 2.86. The minimum atomic E-state index is -0.177. The summed E-state index contributed by atoms with van der Waals surface area (Å²) in [5.41, 5.74) is 3.58. The van der Waals surface area contributed by atoms with Gasteiger partial charge in [0.1, 0.15) is 5.69 Å². The standard InChI is InChI=1S/C26H29N7O2/c1-30(2)16-8-11-23(34)28-18-12-14-19(15-13-18)31(3)26-27-17-22-24(29-26)32(4)21-10-7-6-9-20(21)25(35)33(22)5/h6-15,17H,16H2,1-5H3,(H,28,34)/b11-8+. The first-order chi connectivity index (χ1) is 16.8. The number of nitrogens with one attached hydrogen (secondary N) is 1. The van der Waals surface area contributed by atoms with E-state index >= 15 is 0 Å². The van der Waals surface area contributed by atoms with Crippen LogP contribution in [0.15, 0.2) is 66.9 Å². The van der Waals surface area contributed by atoms with Crippen molar-refractivity contribution in [3.8, 4) is 0 Å². The Morgan fingerprint density at radius 1 is 1.00 bits per heavy atom. The lowest BCUT2D eigenvalue weighted by Gasteiger charge is -2.24. The van der Waals surface area contributed by atoms with Crippen LogP contribution < -0.4 is 20.0 Å². The van der Waals surface area contributed by atoms with Gasteiger partial charge in [-0.15, -0.1) is 0 Å². The summed E-state index contributed by atoms with van der Waals surface area (Å²) in [6.07, 6.45) is 5.01. The van der Waals surface area contributed by atoms with Crippen LogP contribution in [0.1, 0.15) is 10.4 Å². The van der Waals surface area contributed by atoms with E-state index in [1.165, 1.54) is 6.08 Å². The van der Waals surface area contributed by atoms with E-state index in [2.05, 4.69) is 10.3 Å². The van der Waals surface area contributed by atoms with E-state index in [9.17, 15) is 9.59 Å². The lowest BCUT2D eigenvalue weighted by Crippen LogP contribution is -2.26. The number of nitrogens with zero attached hydrogens (tertiary/aromatic N) is 6. The highest BCUT2D eigenvalue weighted by molar-refractivity contribution is 6.13. The molecular formula is C26H29N7O2. The molecule has 1 N–H and O–H groups in total. The van der Waals surface area contributed by atoms with E-state index in [1.807, 2.05) is 97.5 Å². The van der Waals surface area contributed by atoms with Crippen molar-refractivity contribution in [1.82, 2.24) is 14.9 Å². The molecule has 0 aliphatic carbocycles. The van der Waals surface area contributed by atoms with Crippen LogP contribution in [-0.2, 0) is 4.79 Å². The van der Waals surface area contributed by atoms with Gasteiger partial charge in [0.25, 0.3) is 5.91 Å². The number of carbonyl (C=O) groups is 2. The van der Waals surface area contributed by atoms with Gasteiger partial charge in [-0.1, -0.05) is 18.2 Å². The number of likely N-dealkylation sites (N-methyl/N-ethyl adjacent to an activating group) is 1. The van der Waals surface area contributed by atoms with E-state index in [1.54, 1.807) is 18.1 Å². The smallest absolute Gasteiger partial charge is 0.260 e. The summed E-state index contributed by atoms with van der Waals surface area (Å²) >= 11 is 0. The normalized spacial score (nSPS) is 13.0. The maximum atomic E-state index is 13.0. The minimum Gasteiger partial charge on any atom is -0.327 e. The molecule has 2 aromatic carbocycles. The largest absolute Gasteiger partial charge is 0.327 e. The highest BCUT2D eigenvalue weighted by Crippen LogP contribution is 2.38. The summed E-state index contributed by atoms with van der Waals surface area (Å²) in [6.45, 7) is 0.697. The summed E-state index contributed by atoms with van der Waals surface area (Å²) in [5.74, 6) is 0.837. The van der Waals surface area contributed by atoms with Crippen molar-refractivity contribution in [3.05, 3.63) is 72.4 Å². The molecule has 1 aliphatic rings. The summed E-state index contributed by atoms with van der Waals surface area (Å²) in [7, 11) is 9.39. The zero-order valence-electron chi connectivity index (χ0n) is 20.6. The third-order valence-electron chi connectivity index (χ3n) is 5.78. The van der Waals surface area contributed by atoms with Gasteiger partial charge in [0, 0.05) is 45.1 Å². The summed E-state index contributed by atoms with van der Waals surface area (Å²) in [6, 6.07) is 14.9. The highest BCUT2D eigenvalue weighted by Gasteiger charge is 2.29. The molecule has 35 heavy (non-hydrogen) atoms. The van der Waals surface area contributed by atoms with Crippen molar-refractivity contribution in [1.29, 1.82) is 0 Å². The summed E-state index contributed by atoms with van der Waals surface area (Å²) < 4.78 is 0. The number of amides is 2. The molecule has 0 spiro atoms. The van der Waals surface area contributed by atoms with Crippen LogP contribution in [-0.4, -0.2) is 68.5 Å². The third-order valence-corrected chi connectivity index (χ3v) is 5.78. The van der Waals surface area contributed by atoms with Crippen LogP contribution in [0.5, 0.6) is 0 Å². The van der Waals surface area contributed by atoms with Gasteiger partial charge >= 0.3 is 0 Å². The monoisotopic (exact) mass is 471 g/mol. The molecule has 0 bridgehead atoms. The van der Waals surface area contributed by atoms with E-state index in [0.717, 1.165) is 11.4 Å². The molecule has 0 atom stereocenters. The van der Waals surface area contributed by atoms with Gasteiger partial charge in [-0.05, 0) is 50.5 Å². The molecule has 3 aromatic rings. The molecule has 0 saturated heterocycles. The number of anilines is 6. The van der Waals surface area contributed by atoms with Crippen LogP contribution in [0.4, 0.5) is 34.5 Å². The predicted molar refractivity (Wildman–Crippen MR) is 140 cm³/mol. The van der Waals surface area contributed by atoms with Gasteiger partial charge in [-0.3, -0.25) is 9.59 Å². The van der Waals surface area contributed by atoms with Gasteiger partial charge in [0.05, 0.1) is 17.4 Å². The Hall–Kier alpha value is -4.24. The Labute approximate surface area is 205 Å². The molecule has 2 amide bonds. The Morgan fingerprint density at radius 3 is 2.43 bits per heavy atom. The Morgan fingerprint density at radius 2 is 1.71 bits per heavy atom. The molecular weight excluding hydrogens is 442 g/mol. The molecule has 0 saturated carbocycles.